The first-order valence-electron chi connectivity index (χ1n) is 5.70. The lowest BCUT2D eigenvalue weighted by molar-refractivity contribution is 0.00353. The van der Waals surface area contributed by atoms with E-state index in [1.165, 1.54) is 0 Å². The van der Waals surface area contributed by atoms with Crippen molar-refractivity contribution in [3.8, 4) is 0 Å². The van der Waals surface area contributed by atoms with Gasteiger partial charge < -0.3 is 20.5 Å². The van der Waals surface area contributed by atoms with Gasteiger partial charge in [0, 0.05) is 29.8 Å². The number of hydrogen-bond donors (Lipinski definition) is 2. The van der Waals surface area contributed by atoms with E-state index in [1.807, 2.05) is 12.1 Å². The topological polar surface area (TPSA) is 58.7 Å². The van der Waals surface area contributed by atoms with Crippen molar-refractivity contribution >= 4 is 21.6 Å². The average molecular weight is 301 g/mol. The number of rotatable bonds is 3. The zero-order valence-corrected chi connectivity index (χ0v) is 11.2. The molecule has 1 saturated heterocycles. The summed E-state index contributed by atoms with van der Waals surface area (Å²) in [5.74, 6) is 0. The Balaban J connectivity index is 2.20. The minimum absolute atomic E-state index is 0.0605. The first-order valence-corrected chi connectivity index (χ1v) is 6.49. The molecule has 1 aromatic rings. The van der Waals surface area contributed by atoms with Gasteiger partial charge in [-0.2, -0.15) is 0 Å². The van der Waals surface area contributed by atoms with E-state index in [9.17, 15) is 0 Å². The first-order chi connectivity index (χ1) is 8.24. The molecule has 0 spiro atoms. The Kier molecular flexibility index (Phi) is 4.39. The number of hydrogen-bond acceptors (Lipinski definition) is 4. The van der Waals surface area contributed by atoms with Crippen molar-refractivity contribution in [2.75, 3.05) is 31.2 Å². The van der Waals surface area contributed by atoms with E-state index >= 15 is 0 Å². The molecule has 4 nitrogen and oxygen atoms in total. The first kappa shape index (κ1) is 12.8. The lowest BCUT2D eigenvalue weighted by atomic mass is 10.1. The fourth-order valence-corrected chi connectivity index (χ4v) is 2.48. The van der Waals surface area contributed by atoms with E-state index < -0.39 is 0 Å². The van der Waals surface area contributed by atoms with Gasteiger partial charge in [-0.25, -0.2) is 0 Å². The molecule has 1 unspecified atom stereocenters. The number of anilines is 1. The number of aliphatic hydroxyl groups excluding tert-OH is 1. The highest BCUT2D eigenvalue weighted by Gasteiger charge is 2.21. The molecule has 1 atom stereocenters. The number of morpholine rings is 1. The Bertz CT molecular complexity index is 387. The molecule has 0 aliphatic carbocycles. The van der Waals surface area contributed by atoms with Crippen LogP contribution in [0.4, 0.5) is 5.69 Å². The predicted octanol–water partition coefficient (Wildman–Crippen LogP) is 1.11. The van der Waals surface area contributed by atoms with Crippen LogP contribution in [0.1, 0.15) is 5.56 Å². The Morgan fingerprint density at radius 3 is 3.06 bits per heavy atom. The molecule has 17 heavy (non-hydrogen) atoms. The largest absolute Gasteiger partial charge is 0.394 e. The third kappa shape index (κ3) is 2.98. The summed E-state index contributed by atoms with van der Waals surface area (Å²) in [5.41, 5.74) is 8.01. The molecule has 1 aromatic carbocycles. The molecule has 94 valence electrons. The fraction of sp³-hybridized carbons (Fsp3) is 0.500. The van der Waals surface area contributed by atoms with Crippen LogP contribution in [0.25, 0.3) is 0 Å². The van der Waals surface area contributed by atoms with E-state index in [0.29, 0.717) is 19.7 Å². The molecular weight excluding hydrogens is 284 g/mol. The van der Waals surface area contributed by atoms with Crippen molar-refractivity contribution < 1.29 is 9.84 Å². The van der Waals surface area contributed by atoms with Crippen LogP contribution in [0, 0.1) is 0 Å². The van der Waals surface area contributed by atoms with Crippen molar-refractivity contribution in [3.63, 3.8) is 0 Å². The molecule has 3 N–H and O–H groups in total. The van der Waals surface area contributed by atoms with Gasteiger partial charge >= 0.3 is 0 Å². The lowest BCUT2D eigenvalue weighted by Gasteiger charge is -2.34. The van der Waals surface area contributed by atoms with Crippen molar-refractivity contribution in [2.24, 2.45) is 5.73 Å². The highest BCUT2D eigenvalue weighted by Crippen LogP contribution is 2.25. The van der Waals surface area contributed by atoms with Crippen LogP contribution >= 0.6 is 15.9 Å². The van der Waals surface area contributed by atoms with Crippen molar-refractivity contribution in [1.29, 1.82) is 0 Å². The molecule has 1 aliphatic heterocycles. The molecule has 0 radical (unpaired) electrons. The summed E-state index contributed by atoms with van der Waals surface area (Å²) in [7, 11) is 0. The zero-order valence-electron chi connectivity index (χ0n) is 9.60. The monoisotopic (exact) mass is 300 g/mol. The molecule has 5 heteroatoms. The van der Waals surface area contributed by atoms with E-state index in [1.54, 1.807) is 0 Å². The van der Waals surface area contributed by atoms with Crippen molar-refractivity contribution in [1.82, 2.24) is 0 Å². The number of ether oxygens (including phenoxy) is 1. The summed E-state index contributed by atoms with van der Waals surface area (Å²) in [6, 6.07) is 6.11. The number of halogens is 1. The second-order valence-corrected chi connectivity index (χ2v) is 5.01. The predicted molar refractivity (Wildman–Crippen MR) is 71.1 cm³/mol. The fourth-order valence-electron chi connectivity index (χ4n) is 2.07. The molecule has 0 bridgehead atoms. The average Bonchev–Trinajstić information content (AvgIpc) is 2.38. The molecule has 1 aliphatic rings. The van der Waals surface area contributed by atoms with E-state index in [0.717, 1.165) is 22.3 Å². The van der Waals surface area contributed by atoms with Crippen molar-refractivity contribution in [2.45, 2.75) is 12.6 Å². The number of aliphatic hydroxyl groups is 1. The third-order valence-corrected chi connectivity index (χ3v) is 3.44. The Morgan fingerprint density at radius 1 is 1.53 bits per heavy atom. The van der Waals surface area contributed by atoms with Gasteiger partial charge in [0.15, 0.2) is 0 Å². The molecular formula is C12H17BrN2O2. The highest BCUT2D eigenvalue weighted by molar-refractivity contribution is 9.10. The van der Waals surface area contributed by atoms with Crippen LogP contribution in [0.5, 0.6) is 0 Å². The van der Waals surface area contributed by atoms with Gasteiger partial charge in [-0.15, -0.1) is 0 Å². The standard InChI is InChI=1S/C12H17BrN2O2/c13-10-1-2-12(9(5-10)6-14)15-3-4-17-11(7-15)8-16/h1-2,5,11,16H,3-4,6-8,14H2. The Morgan fingerprint density at radius 2 is 2.35 bits per heavy atom. The maximum Gasteiger partial charge on any atom is 0.0980 e. The Labute approximate surface area is 109 Å². The van der Waals surface area contributed by atoms with Crippen LogP contribution in [0.2, 0.25) is 0 Å². The molecule has 2 rings (SSSR count). The smallest absolute Gasteiger partial charge is 0.0980 e. The van der Waals surface area contributed by atoms with Gasteiger partial charge in [0.05, 0.1) is 19.3 Å². The van der Waals surface area contributed by atoms with Gasteiger partial charge in [0.1, 0.15) is 0 Å². The molecule has 1 heterocycles. The molecule has 0 aromatic heterocycles. The second-order valence-electron chi connectivity index (χ2n) is 4.10. The normalized spacial score (nSPS) is 20.6. The van der Waals surface area contributed by atoms with E-state index in [2.05, 4.69) is 26.9 Å². The molecule has 0 saturated carbocycles. The number of nitrogens with zero attached hydrogens (tertiary/aromatic N) is 1. The lowest BCUT2D eigenvalue weighted by Crippen LogP contribution is -2.44. The number of benzene rings is 1. The van der Waals surface area contributed by atoms with Crippen LogP contribution in [-0.2, 0) is 11.3 Å². The van der Waals surface area contributed by atoms with Gasteiger partial charge in [-0.05, 0) is 23.8 Å². The van der Waals surface area contributed by atoms with Crippen LogP contribution < -0.4 is 10.6 Å². The SMILES string of the molecule is NCc1cc(Br)ccc1N1CCOC(CO)C1. The zero-order chi connectivity index (χ0) is 12.3. The Hall–Kier alpha value is -0.620. The maximum atomic E-state index is 9.14. The minimum atomic E-state index is -0.0991. The van der Waals surface area contributed by atoms with E-state index in [-0.39, 0.29) is 12.7 Å². The quantitative estimate of drug-likeness (QED) is 0.878. The van der Waals surface area contributed by atoms with Crippen LogP contribution in [-0.4, -0.2) is 37.5 Å². The van der Waals surface area contributed by atoms with Crippen molar-refractivity contribution in [3.05, 3.63) is 28.2 Å². The maximum absolute atomic E-state index is 9.14. The van der Waals surface area contributed by atoms with Gasteiger partial charge in [0.25, 0.3) is 0 Å². The van der Waals surface area contributed by atoms with Gasteiger partial charge in [0.2, 0.25) is 0 Å². The molecule has 1 fully saturated rings. The van der Waals surface area contributed by atoms with E-state index in [4.69, 9.17) is 15.6 Å². The van der Waals surface area contributed by atoms with Gasteiger partial charge in [-0.1, -0.05) is 15.9 Å². The van der Waals surface area contributed by atoms with Crippen LogP contribution in [0.15, 0.2) is 22.7 Å². The summed E-state index contributed by atoms with van der Waals surface area (Å²) in [4.78, 5) is 2.22. The van der Waals surface area contributed by atoms with Crippen LogP contribution in [0.3, 0.4) is 0 Å². The van der Waals surface area contributed by atoms with Gasteiger partial charge in [-0.3, -0.25) is 0 Å². The summed E-state index contributed by atoms with van der Waals surface area (Å²) < 4.78 is 6.48. The summed E-state index contributed by atoms with van der Waals surface area (Å²) in [6.45, 7) is 2.77. The number of nitrogens with two attached hydrogens (primary N) is 1. The summed E-state index contributed by atoms with van der Waals surface area (Å²) in [5, 5.41) is 9.14. The highest BCUT2D eigenvalue weighted by atomic mass is 79.9. The second kappa shape index (κ2) is 5.82. The molecule has 0 amide bonds. The summed E-state index contributed by atoms with van der Waals surface area (Å²) in [6.07, 6.45) is -0.0991. The third-order valence-electron chi connectivity index (χ3n) is 2.94. The summed E-state index contributed by atoms with van der Waals surface area (Å²) >= 11 is 3.45. The minimum Gasteiger partial charge on any atom is -0.394 e.